The first-order chi connectivity index (χ1) is 15.5. The minimum atomic E-state index is -0.432. The van der Waals surface area contributed by atoms with E-state index in [0.717, 1.165) is 16.9 Å². The van der Waals surface area contributed by atoms with Gasteiger partial charge in [0.05, 0.1) is 13.5 Å². The molecular weight excluding hydrogens is 406 g/mol. The molecule has 0 saturated carbocycles. The maximum absolute atomic E-state index is 12.8. The van der Waals surface area contributed by atoms with Crippen LogP contribution in [0.25, 0.3) is 0 Å². The van der Waals surface area contributed by atoms with Gasteiger partial charge in [0.2, 0.25) is 5.91 Å². The van der Waals surface area contributed by atoms with Crippen LogP contribution in [0.4, 0.5) is 0 Å². The van der Waals surface area contributed by atoms with E-state index in [1.807, 2.05) is 59.5 Å². The van der Waals surface area contributed by atoms with Crippen molar-refractivity contribution in [2.45, 2.75) is 31.8 Å². The Bertz CT molecular complexity index is 953. The third kappa shape index (κ3) is 4.93. The highest BCUT2D eigenvalue weighted by Gasteiger charge is 2.37. The zero-order chi connectivity index (χ0) is 22.5. The molecule has 7 nitrogen and oxygen atoms in total. The third-order valence-electron chi connectivity index (χ3n) is 6.33. The first-order valence-electron chi connectivity index (χ1n) is 11.1. The molecule has 32 heavy (non-hydrogen) atoms. The molecule has 0 bridgehead atoms. The predicted molar refractivity (Wildman–Crippen MR) is 120 cm³/mol. The summed E-state index contributed by atoms with van der Waals surface area (Å²) in [5.41, 5.74) is 1.97. The van der Waals surface area contributed by atoms with Gasteiger partial charge in [-0.15, -0.1) is 0 Å². The number of piperidine rings is 1. The number of methoxy groups -OCH3 is 1. The molecule has 0 spiro atoms. The summed E-state index contributed by atoms with van der Waals surface area (Å²) in [5.74, 6) is 0.00194. The second-order valence-electron chi connectivity index (χ2n) is 8.35. The average molecular weight is 436 g/mol. The maximum Gasteiger partial charge on any atom is 0.312 e. The van der Waals surface area contributed by atoms with Crippen LogP contribution in [0, 0.1) is 0 Å². The number of rotatable bonds is 6. The van der Waals surface area contributed by atoms with Gasteiger partial charge in [-0.3, -0.25) is 14.4 Å². The van der Waals surface area contributed by atoms with Gasteiger partial charge in [0, 0.05) is 38.8 Å². The molecule has 2 saturated heterocycles. The molecule has 2 fully saturated rings. The lowest BCUT2D eigenvalue weighted by Crippen LogP contribution is -2.59. The molecule has 4 rings (SSSR count). The summed E-state index contributed by atoms with van der Waals surface area (Å²) in [6.45, 7) is 2.74. The van der Waals surface area contributed by atoms with Gasteiger partial charge in [-0.2, -0.15) is 0 Å². The molecule has 0 aromatic heterocycles. The van der Waals surface area contributed by atoms with Gasteiger partial charge in [0.25, 0.3) is 0 Å². The van der Waals surface area contributed by atoms with Crippen LogP contribution in [-0.2, 0) is 27.3 Å². The topological polar surface area (TPSA) is 70.2 Å². The molecule has 3 amide bonds. The predicted octanol–water partition coefficient (Wildman–Crippen LogP) is 2.10. The van der Waals surface area contributed by atoms with Crippen LogP contribution in [0.1, 0.15) is 24.0 Å². The number of hydrogen-bond donors (Lipinski definition) is 0. The van der Waals surface area contributed by atoms with Crippen molar-refractivity contribution in [1.29, 1.82) is 0 Å². The number of amides is 3. The minimum Gasteiger partial charge on any atom is -0.497 e. The van der Waals surface area contributed by atoms with Crippen LogP contribution in [0.5, 0.6) is 5.75 Å². The van der Waals surface area contributed by atoms with E-state index in [1.165, 1.54) is 0 Å². The van der Waals surface area contributed by atoms with Crippen LogP contribution >= 0.6 is 0 Å². The van der Waals surface area contributed by atoms with E-state index in [1.54, 1.807) is 16.9 Å². The minimum absolute atomic E-state index is 0.00959. The van der Waals surface area contributed by atoms with Crippen LogP contribution in [0.15, 0.2) is 54.6 Å². The molecule has 0 unspecified atom stereocenters. The molecule has 2 aliphatic rings. The molecule has 0 atom stereocenters. The molecule has 7 heteroatoms. The number of hydrogen-bond acceptors (Lipinski definition) is 4. The molecule has 168 valence electrons. The number of piperazine rings is 1. The normalized spacial score (nSPS) is 17.6. The number of likely N-dealkylation sites (tertiary alicyclic amines) is 1. The van der Waals surface area contributed by atoms with Crippen LogP contribution in [0.2, 0.25) is 0 Å². The zero-order valence-corrected chi connectivity index (χ0v) is 18.4. The van der Waals surface area contributed by atoms with E-state index in [9.17, 15) is 14.4 Å². The van der Waals surface area contributed by atoms with E-state index in [4.69, 9.17) is 4.74 Å². The Hall–Kier alpha value is -3.35. The van der Waals surface area contributed by atoms with Gasteiger partial charge in [-0.1, -0.05) is 42.5 Å². The van der Waals surface area contributed by atoms with Crippen molar-refractivity contribution in [3.8, 4) is 5.75 Å². The van der Waals surface area contributed by atoms with E-state index in [-0.39, 0.29) is 11.9 Å². The van der Waals surface area contributed by atoms with Crippen molar-refractivity contribution in [3.63, 3.8) is 0 Å². The summed E-state index contributed by atoms with van der Waals surface area (Å²) in [4.78, 5) is 43.3. The fraction of sp³-hybridized carbons (Fsp3) is 0.400. The standard InChI is InChI=1S/C25H29N3O4/c1-32-22-9-7-19(8-10-22)17-23(29)26-13-11-21(12-14-26)28-16-15-27(24(30)25(28)31)18-20-5-3-2-4-6-20/h2-10,21H,11-18H2,1H3. The lowest BCUT2D eigenvalue weighted by atomic mass is 10.0. The van der Waals surface area contributed by atoms with Crippen molar-refractivity contribution in [3.05, 3.63) is 65.7 Å². The van der Waals surface area contributed by atoms with E-state index in [2.05, 4.69) is 0 Å². The quantitative estimate of drug-likeness (QED) is 0.652. The van der Waals surface area contributed by atoms with E-state index >= 15 is 0 Å². The lowest BCUT2D eigenvalue weighted by Gasteiger charge is -2.42. The van der Waals surface area contributed by atoms with Crippen molar-refractivity contribution in [2.24, 2.45) is 0 Å². The van der Waals surface area contributed by atoms with Gasteiger partial charge < -0.3 is 19.4 Å². The van der Waals surface area contributed by atoms with Crippen LogP contribution in [-0.4, -0.2) is 71.8 Å². The summed E-state index contributed by atoms with van der Waals surface area (Å²) < 4.78 is 5.16. The van der Waals surface area contributed by atoms with Gasteiger partial charge >= 0.3 is 11.8 Å². The molecule has 2 heterocycles. The Morgan fingerprint density at radius 3 is 2.22 bits per heavy atom. The molecule has 0 N–H and O–H groups in total. The molecular formula is C25H29N3O4. The highest BCUT2D eigenvalue weighted by atomic mass is 16.5. The number of carbonyl (C=O) groups is 3. The number of nitrogens with zero attached hydrogens (tertiary/aromatic N) is 3. The van der Waals surface area contributed by atoms with Crippen LogP contribution < -0.4 is 4.74 Å². The fourth-order valence-corrected chi connectivity index (χ4v) is 4.45. The monoisotopic (exact) mass is 435 g/mol. The van der Waals surface area contributed by atoms with Crippen molar-refractivity contribution >= 4 is 17.7 Å². The molecule has 0 radical (unpaired) electrons. The zero-order valence-electron chi connectivity index (χ0n) is 18.4. The van der Waals surface area contributed by atoms with E-state index < -0.39 is 11.8 Å². The summed E-state index contributed by atoms with van der Waals surface area (Å²) >= 11 is 0. The van der Waals surface area contributed by atoms with Gasteiger partial charge in [-0.25, -0.2) is 0 Å². The van der Waals surface area contributed by atoms with Crippen molar-refractivity contribution in [1.82, 2.24) is 14.7 Å². The molecule has 2 aromatic rings. The second-order valence-corrected chi connectivity index (χ2v) is 8.35. The first-order valence-corrected chi connectivity index (χ1v) is 11.1. The van der Waals surface area contributed by atoms with Crippen LogP contribution in [0.3, 0.4) is 0 Å². The SMILES string of the molecule is COc1ccc(CC(=O)N2CCC(N3CCN(Cc4ccccc4)C(=O)C3=O)CC2)cc1. The largest absolute Gasteiger partial charge is 0.497 e. The van der Waals surface area contributed by atoms with E-state index in [0.29, 0.717) is 52.0 Å². The Morgan fingerprint density at radius 2 is 1.56 bits per heavy atom. The Labute approximate surface area is 188 Å². The lowest BCUT2D eigenvalue weighted by molar-refractivity contribution is -0.159. The highest BCUT2D eigenvalue weighted by molar-refractivity contribution is 6.35. The second kappa shape index (κ2) is 9.85. The van der Waals surface area contributed by atoms with Crippen molar-refractivity contribution < 1.29 is 19.1 Å². The van der Waals surface area contributed by atoms with Crippen molar-refractivity contribution in [2.75, 3.05) is 33.3 Å². The number of ether oxygens (including phenoxy) is 1. The summed E-state index contributed by atoms with van der Waals surface area (Å²) in [6, 6.07) is 17.3. The number of benzene rings is 2. The Morgan fingerprint density at radius 1 is 0.875 bits per heavy atom. The Balaban J connectivity index is 1.28. The molecule has 2 aliphatic heterocycles. The fourth-order valence-electron chi connectivity index (χ4n) is 4.45. The third-order valence-corrected chi connectivity index (χ3v) is 6.33. The average Bonchev–Trinajstić information content (AvgIpc) is 2.83. The number of carbonyl (C=O) groups excluding carboxylic acids is 3. The summed E-state index contributed by atoms with van der Waals surface area (Å²) in [7, 11) is 1.62. The summed E-state index contributed by atoms with van der Waals surface area (Å²) in [6.07, 6.45) is 1.75. The smallest absolute Gasteiger partial charge is 0.312 e. The molecule has 2 aromatic carbocycles. The molecule has 0 aliphatic carbocycles. The maximum atomic E-state index is 12.8. The van der Waals surface area contributed by atoms with Gasteiger partial charge in [0.15, 0.2) is 0 Å². The first kappa shape index (κ1) is 21.9. The van der Waals surface area contributed by atoms with Gasteiger partial charge in [-0.05, 0) is 36.1 Å². The Kier molecular flexibility index (Phi) is 6.73. The highest BCUT2D eigenvalue weighted by Crippen LogP contribution is 2.21. The van der Waals surface area contributed by atoms with Gasteiger partial charge in [0.1, 0.15) is 5.75 Å². The summed E-state index contributed by atoms with van der Waals surface area (Å²) in [5, 5.41) is 0.